The first-order valence-electron chi connectivity index (χ1n) is 7.14. The average molecular weight is 341 g/mol. The van der Waals surface area contributed by atoms with Crippen LogP contribution in [0.25, 0.3) is 0 Å². The van der Waals surface area contributed by atoms with Crippen LogP contribution in [0.4, 0.5) is 0 Å². The molecule has 0 N–H and O–H groups in total. The van der Waals surface area contributed by atoms with Crippen LogP contribution >= 0.6 is 11.6 Å². The van der Waals surface area contributed by atoms with Crippen molar-refractivity contribution in [3.8, 4) is 0 Å². The fourth-order valence-corrected chi connectivity index (χ4v) is 4.62. The smallest absolute Gasteiger partial charge is 0.243 e. The molecule has 22 heavy (non-hydrogen) atoms. The lowest BCUT2D eigenvalue weighted by atomic mass is 10.00. The molecule has 3 rings (SSSR count). The molecule has 2 aromatic rings. The second-order valence-electron chi connectivity index (χ2n) is 5.45. The van der Waals surface area contributed by atoms with Gasteiger partial charge in [-0.05, 0) is 37.0 Å². The highest BCUT2D eigenvalue weighted by molar-refractivity contribution is 7.89. The number of hydrogen-bond donors (Lipinski definition) is 0. The van der Waals surface area contributed by atoms with Gasteiger partial charge in [-0.3, -0.25) is 4.68 Å². The number of halogens is 1. The topological polar surface area (TPSA) is 68.1 Å². The largest absolute Gasteiger partial charge is 0.253 e. The highest BCUT2D eigenvalue weighted by Crippen LogP contribution is 2.25. The van der Waals surface area contributed by atoms with Crippen molar-refractivity contribution in [3.05, 3.63) is 41.9 Å². The number of nitrogens with zero attached hydrogens (tertiary/aromatic N) is 4. The third-order valence-electron chi connectivity index (χ3n) is 3.83. The Hall–Kier alpha value is -1.44. The van der Waals surface area contributed by atoms with Crippen molar-refractivity contribution in [1.29, 1.82) is 0 Å². The summed E-state index contributed by atoms with van der Waals surface area (Å²) in [5, 5.41) is 4.52. The molecule has 1 saturated heterocycles. The molecule has 8 heteroatoms. The maximum atomic E-state index is 12.7. The number of piperidine rings is 1. The molecule has 1 fully saturated rings. The maximum absolute atomic E-state index is 12.7. The van der Waals surface area contributed by atoms with Gasteiger partial charge in [0.15, 0.2) is 0 Å². The molecule has 1 aromatic carbocycles. The molecule has 0 aliphatic carbocycles. The van der Waals surface area contributed by atoms with Crippen LogP contribution < -0.4 is 0 Å². The number of aromatic nitrogens is 3. The molecule has 0 bridgehead atoms. The second-order valence-corrected chi connectivity index (χ2v) is 7.82. The summed E-state index contributed by atoms with van der Waals surface area (Å²) < 4.78 is 28.7. The van der Waals surface area contributed by atoms with Gasteiger partial charge >= 0.3 is 0 Å². The van der Waals surface area contributed by atoms with Gasteiger partial charge in [0, 0.05) is 24.7 Å². The molecule has 0 saturated carbocycles. The number of hydrogen-bond acceptors (Lipinski definition) is 4. The summed E-state index contributed by atoms with van der Waals surface area (Å²) >= 11 is 5.91. The Labute approximate surface area is 134 Å². The lowest BCUT2D eigenvalue weighted by Gasteiger charge is -2.31. The minimum absolute atomic E-state index is 0.240. The van der Waals surface area contributed by atoms with E-state index in [1.807, 2.05) is 0 Å². The van der Waals surface area contributed by atoms with Gasteiger partial charge in [0.25, 0.3) is 0 Å². The van der Waals surface area contributed by atoms with Gasteiger partial charge in [0.1, 0.15) is 12.7 Å². The summed E-state index contributed by atoms with van der Waals surface area (Å²) in [5.41, 5.74) is 0. The zero-order valence-corrected chi connectivity index (χ0v) is 13.5. The normalized spacial score (nSPS) is 20.1. The van der Waals surface area contributed by atoms with Crippen LogP contribution in [0.2, 0.25) is 5.02 Å². The van der Waals surface area contributed by atoms with Crippen LogP contribution in [-0.4, -0.2) is 40.6 Å². The Morgan fingerprint density at radius 2 is 2.23 bits per heavy atom. The predicted octanol–water partition coefficient (Wildman–Crippen LogP) is 2.03. The van der Waals surface area contributed by atoms with Crippen molar-refractivity contribution in [3.63, 3.8) is 0 Å². The average Bonchev–Trinajstić information content (AvgIpc) is 3.00. The van der Waals surface area contributed by atoms with Crippen molar-refractivity contribution in [1.82, 2.24) is 19.1 Å². The summed E-state index contributed by atoms with van der Waals surface area (Å²) in [6, 6.07) is 6.41. The molecule has 1 atom stereocenters. The summed E-state index contributed by atoms with van der Waals surface area (Å²) in [4.78, 5) is 4.17. The van der Waals surface area contributed by atoms with E-state index in [-0.39, 0.29) is 10.8 Å². The number of benzene rings is 1. The molecule has 1 aromatic heterocycles. The lowest BCUT2D eigenvalue weighted by molar-refractivity contribution is 0.239. The summed E-state index contributed by atoms with van der Waals surface area (Å²) in [7, 11) is -3.49. The first-order valence-corrected chi connectivity index (χ1v) is 8.95. The van der Waals surface area contributed by atoms with E-state index in [0.717, 1.165) is 12.8 Å². The molecule has 0 radical (unpaired) electrons. The van der Waals surface area contributed by atoms with E-state index in [9.17, 15) is 8.42 Å². The molecule has 0 amide bonds. The fourth-order valence-electron chi connectivity index (χ4n) is 2.76. The Morgan fingerprint density at radius 1 is 1.36 bits per heavy atom. The summed E-state index contributed by atoms with van der Waals surface area (Å²) in [6.07, 6.45) is 4.98. The van der Waals surface area contributed by atoms with Crippen molar-refractivity contribution in [2.75, 3.05) is 13.1 Å². The highest BCUT2D eigenvalue weighted by Gasteiger charge is 2.30. The van der Waals surface area contributed by atoms with Crippen LogP contribution in [0.1, 0.15) is 12.8 Å². The Kier molecular flexibility index (Phi) is 4.46. The standard InChI is InChI=1S/C14H17ClN4O2S/c15-13-4-1-5-14(7-13)22(20,21)19-6-2-3-12(9-19)8-18-11-16-10-17-18/h1,4-5,7,10-12H,2-3,6,8-9H2/t12-/m0/s1. The van der Waals surface area contributed by atoms with Gasteiger partial charge in [-0.25, -0.2) is 13.4 Å². The van der Waals surface area contributed by atoms with Gasteiger partial charge in [0.05, 0.1) is 4.90 Å². The third-order valence-corrected chi connectivity index (χ3v) is 5.92. The Balaban J connectivity index is 1.76. The Bertz CT molecular complexity index is 733. The molecular formula is C14H17ClN4O2S. The van der Waals surface area contributed by atoms with Crippen LogP contribution in [0.5, 0.6) is 0 Å². The van der Waals surface area contributed by atoms with Gasteiger partial charge in [-0.15, -0.1) is 0 Å². The van der Waals surface area contributed by atoms with Crippen molar-refractivity contribution in [2.45, 2.75) is 24.3 Å². The monoisotopic (exact) mass is 340 g/mol. The highest BCUT2D eigenvalue weighted by atomic mass is 35.5. The van der Waals surface area contributed by atoms with Crippen LogP contribution in [0.3, 0.4) is 0 Å². The molecule has 1 aliphatic rings. The van der Waals surface area contributed by atoms with Crippen LogP contribution in [0, 0.1) is 5.92 Å². The quantitative estimate of drug-likeness (QED) is 0.854. The van der Waals surface area contributed by atoms with E-state index < -0.39 is 10.0 Å². The zero-order chi connectivity index (χ0) is 15.6. The first-order chi connectivity index (χ1) is 10.6. The van der Waals surface area contributed by atoms with Gasteiger partial charge in [-0.2, -0.15) is 9.40 Å². The van der Waals surface area contributed by atoms with E-state index in [4.69, 9.17) is 11.6 Å². The van der Waals surface area contributed by atoms with Gasteiger partial charge in [-0.1, -0.05) is 17.7 Å². The van der Waals surface area contributed by atoms with E-state index >= 15 is 0 Å². The van der Waals surface area contributed by atoms with Crippen LogP contribution in [0.15, 0.2) is 41.8 Å². The SMILES string of the molecule is O=S(=O)(c1cccc(Cl)c1)N1CCC[C@@H](Cn2cncn2)C1. The molecule has 2 heterocycles. The number of rotatable bonds is 4. The van der Waals surface area contributed by atoms with Crippen molar-refractivity contribution in [2.24, 2.45) is 5.92 Å². The molecule has 0 spiro atoms. The lowest BCUT2D eigenvalue weighted by Crippen LogP contribution is -2.41. The van der Waals surface area contributed by atoms with Crippen molar-refractivity contribution < 1.29 is 8.42 Å². The second kappa shape index (κ2) is 6.36. The zero-order valence-electron chi connectivity index (χ0n) is 12.0. The fraction of sp³-hybridized carbons (Fsp3) is 0.429. The summed E-state index contributed by atoms with van der Waals surface area (Å²) in [5.74, 6) is 0.240. The molecule has 118 valence electrons. The van der Waals surface area contributed by atoms with E-state index in [0.29, 0.717) is 24.7 Å². The third kappa shape index (κ3) is 3.31. The predicted molar refractivity (Wildman–Crippen MR) is 83.0 cm³/mol. The van der Waals surface area contributed by atoms with Crippen LogP contribution in [-0.2, 0) is 16.6 Å². The summed E-state index contributed by atoms with van der Waals surface area (Å²) in [6.45, 7) is 1.72. The minimum atomic E-state index is -3.49. The molecular weight excluding hydrogens is 324 g/mol. The Morgan fingerprint density at radius 3 is 2.95 bits per heavy atom. The van der Waals surface area contributed by atoms with E-state index in [2.05, 4.69) is 10.1 Å². The van der Waals surface area contributed by atoms with E-state index in [1.54, 1.807) is 33.5 Å². The first kappa shape index (κ1) is 15.5. The van der Waals surface area contributed by atoms with Crippen molar-refractivity contribution >= 4 is 21.6 Å². The van der Waals surface area contributed by atoms with Gasteiger partial charge < -0.3 is 0 Å². The van der Waals surface area contributed by atoms with Gasteiger partial charge in [0.2, 0.25) is 10.0 Å². The molecule has 1 aliphatic heterocycles. The van der Waals surface area contributed by atoms with E-state index in [1.165, 1.54) is 12.4 Å². The molecule has 0 unspecified atom stereocenters. The minimum Gasteiger partial charge on any atom is -0.253 e. The maximum Gasteiger partial charge on any atom is 0.243 e. The molecule has 6 nitrogen and oxygen atoms in total. The number of sulfonamides is 1.